The molecule has 2 aromatic rings. The van der Waals surface area contributed by atoms with E-state index in [1.165, 1.54) is 0 Å². The van der Waals surface area contributed by atoms with Gasteiger partial charge in [-0.05, 0) is 6.42 Å². The van der Waals surface area contributed by atoms with Gasteiger partial charge in [-0.3, -0.25) is 9.78 Å². The van der Waals surface area contributed by atoms with Crippen LogP contribution in [0.4, 0.5) is 5.82 Å². The fourth-order valence-corrected chi connectivity index (χ4v) is 2.32. The summed E-state index contributed by atoms with van der Waals surface area (Å²) in [6, 6.07) is 0. The molecule has 22 heavy (non-hydrogen) atoms. The number of fused-ring (bicyclic) bond motifs is 3. The maximum absolute atomic E-state index is 12.1. The van der Waals surface area contributed by atoms with Gasteiger partial charge in [-0.1, -0.05) is 19.8 Å². The van der Waals surface area contributed by atoms with E-state index in [1.807, 2.05) is 10.6 Å². The Morgan fingerprint density at radius 3 is 3.09 bits per heavy atom. The SMILES string of the molecule is CCCCCNC(=O)C1=Cc2ncc3cncc[n+]3c2NN1. The first-order valence-electron chi connectivity index (χ1n) is 7.46. The zero-order valence-electron chi connectivity index (χ0n) is 12.5. The summed E-state index contributed by atoms with van der Waals surface area (Å²) in [7, 11) is 0. The highest BCUT2D eigenvalue weighted by Gasteiger charge is 2.23. The van der Waals surface area contributed by atoms with Crippen molar-refractivity contribution in [1.82, 2.24) is 20.7 Å². The molecule has 7 nitrogen and oxygen atoms in total. The highest BCUT2D eigenvalue weighted by molar-refractivity contribution is 5.98. The lowest BCUT2D eigenvalue weighted by atomic mass is 10.2. The van der Waals surface area contributed by atoms with Crippen LogP contribution >= 0.6 is 0 Å². The van der Waals surface area contributed by atoms with Gasteiger partial charge in [0.1, 0.15) is 11.9 Å². The number of nitrogens with one attached hydrogen (secondary N) is 3. The summed E-state index contributed by atoms with van der Waals surface area (Å²) < 4.78 is 1.93. The predicted molar refractivity (Wildman–Crippen MR) is 82.5 cm³/mol. The van der Waals surface area contributed by atoms with Crippen molar-refractivity contribution in [3.05, 3.63) is 36.2 Å². The zero-order chi connectivity index (χ0) is 15.4. The molecule has 0 saturated carbocycles. The minimum atomic E-state index is -0.129. The van der Waals surface area contributed by atoms with Crippen LogP contribution in [0.2, 0.25) is 0 Å². The number of anilines is 1. The van der Waals surface area contributed by atoms with Crippen LogP contribution in [-0.4, -0.2) is 22.4 Å². The monoisotopic (exact) mass is 299 g/mol. The molecule has 0 spiro atoms. The summed E-state index contributed by atoms with van der Waals surface area (Å²) in [6.45, 7) is 2.82. The van der Waals surface area contributed by atoms with E-state index in [-0.39, 0.29) is 5.91 Å². The van der Waals surface area contributed by atoms with Crippen molar-refractivity contribution in [2.75, 3.05) is 12.0 Å². The number of carbonyl (C=O) groups is 1. The molecule has 7 heteroatoms. The summed E-state index contributed by atoms with van der Waals surface area (Å²) in [5.41, 5.74) is 8.00. The second-order valence-electron chi connectivity index (χ2n) is 5.13. The molecule has 0 bridgehead atoms. The molecule has 2 aromatic heterocycles. The summed E-state index contributed by atoms with van der Waals surface area (Å²) in [5, 5.41) is 2.90. The Morgan fingerprint density at radius 1 is 1.32 bits per heavy atom. The number of amides is 1. The molecule has 1 amide bonds. The summed E-state index contributed by atoms with van der Waals surface area (Å²) >= 11 is 0. The number of aromatic nitrogens is 3. The summed E-state index contributed by atoms with van der Waals surface area (Å²) in [5.74, 6) is 0.651. The van der Waals surface area contributed by atoms with Gasteiger partial charge in [-0.15, -0.1) is 0 Å². The van der Waals surface area contributed by atoms with Gasteiger partial charge in [0.2, 0.25) is 0 Å². The average molecular weight is 299 g/mol. The third-order valence-electron chi connectivity index (χ3n) is 3.51. The Kier molecular flexibility index (Phi) is 4.13. The number of hydrogen-bond donors (Lipinski definition) is 3. The van der Waals surface area contributed by atoms with Gasteiger partial charge >= 0.3 is 5.82 Å². The smallest absolute Gasteiger partial charge is 0.329 e. The lowest BCUT2D eigenvalue weighted by molar-refractivity contribution is -0.497. The standard InChI is InChI=1S/C15H18N6O/c1-2-3-4-5-17-15(22)13-8-12-14(20-19-13)21-7-6-16-9-11(21)10-18-12/h6-10H,2-5H2,1H3,(H2,16,17,18,19,22)/p+1. The molecule has 0 atom stereocenters. The minimum Gasteiger partial charge on any atom is -0.351 e. The van der Waals surface area contributed by atoms with Gasteiger partial charge in [0.25, 0.3) is 5.91 Å². The Balaban J connectivity index is 1.79. The molecule has 0 unspecified atom stereocenters. The fourth-order valence-electron chi connectivity index (χ4n) is 2.32. The van der Waals surface area contributed by atoms with Gasteiger partial charge in [-0.25, -0.2) is 10.4 Å². The Hall–Kier alpha value is -2.70. The first kappa shape index (κ1) is 14.2. The highest BCUT2D eigenvalue weighted by atomic mass is 16.2. The number of unbranched alkanes of at least 4 members (excludes halogenated alkanes) is 2. The highest BCUT2D eigenvalue weighted by Crippen LogP contribution is 2.15. The van der Waals surface area contributed by atoms with Gasteiger partial charge in [0, 0.05) is 12.6 Å². The number of carbonyl (C=O) groups excluding carboxylic acids is 1. The van der Waals surface area contributed by atoms with E-state index in [0.29, 0.717) is 17.9 Å². The van der Waals surface area contributed by atoms with Gasteiger partial charge in [0.05, 0.1) is 18.6 Å². The lowest BCUT2D eigenvalue weighted by Gasteiger charge is -2.15. The van der Waals surface area contributed by atoms with Gasteiger partial charge in [-0.2, -0.15) is 9.83 Å². The fraction of sp³-hybridized carbons (Fsp3) is 0.333. The van der Waals surface area contributed by atoms with Crippen molar-refractivity contribution >= 4 is 23.3 Å². The van der Waals surface area contributed by atoms with E-state index < -0.39 is 0 Å². The van der Waals surface area contributed by atoms with Crippen LogP contribution in [-0.2, 0) is 4.79 Å². The van der Waals surface area contributed by atoms with Crippen molar-refractivity contribution in [3.8, 4) is 0 Å². The summed E-state index contributed by atoms with van der Waals surface area (Å²) in [4.78, 5) is 20.5. The molecule has 1 aliphatic heterocycles. The Morgan fingerprint density at radius 2 is 2.23 bits per heavy atom. The zero-order valence-corrected chi connectivity index (χ0v) is 12.5. The van der Waals surface area contributed by atoms with Crippen LogP contribution in [0.15, 0.2) is 30.5 Å². The van der Waals surface area contributed by atoms with E-state index in [1.54, 1.807) is 24.7 Å². The third kappa shape index (κ3) is 2.83. The minimum absolute atomic E-state index is 0.129. The van der Waals surface area contributed by atoms with E-state index >= 15 is 0 Å². The molecule has 0 aromatic carbocycles. The molecule has 3 heterocycles. The maximum Gasteiger partial charge on any atom is 0.329 e. The van der Waals surface area contributed by atoms with Crippen molar-refractivity contribution in [3.63, 3.8) is 0 Å². The second-order valence-corrected chi connectivity index (χ2v) is 5.13. The van der Waals surface area contributed by atoms with Crippen LogP contribution < -0.4 is 20.6 Å². The quantitative estimate of drug-likeness (QED) is 0.562. The molecule has 0 fully saturated rings. The number of nitrogens with zero attached hydrogens (tertiary/aromatic N) is 3. The summed E-state index contributed by atoms with van der Waals surface area (Å²) in [6.07, 6.45) is 12.0. The molecular formula is C15H19N6O+. The third-order valence-corrected chi connectivity index (χ3v) is 3.51. The predicted octanol–water partition coefficient (Wildman–Crippen LogP) is 0.793. The normalized spacial score (nSPS) is 12.9. The molecule has 0 saturated heterocycles. The van der Waals surface area contributed by atoms with E-state index in [2.05, 4.69) is 33.1 Å². The van der Waals surface area contributed by atoms with Crippen molar-refractivity contribution < 1.29 is 9.20 Å². The van der Waals surface area contributed by atoms with Crippen molar-refractivity contribution in [2.24, 2.45) is 0 Å². The van der Waals surface area contributed by atoms with E-state index in [0.717, 1.165) is 30.6 Å². The second kappa shape index (κ2) is 6.38. The van der Waals surface area contributed by atoms with Crippen LogP contribution in [0.5, 0.6) is 0 Å². The lowest BCUT2D eigenvalue weighted by Crippen LogP contribution is -2.41. The van der Waals surface area contributed by atoms with Crippen LogP contribution in [0.25, 0.3) is 11.6 Å². The van der Waals surface area contributed by atoms with E-state index in [4.69, 9.17) is 0 Å². The van der Waals surface area contributed by atoms with Gasteiger partial charge < -0.3 is 5.32 Å². The molecule has 0 radical (unpaired) electrons. The number of rotatable bonds is 5. The largest absolute Gasteiger partial charge is 0.351 e. The van der Waals surface area contributed by atoms with Gasteiger partial charge in [0.15, 0.2) is 11.2 Å². The molecular weight excluding hydrogens is 280 g/mol. The van der Waals surface area contributed by atoms with Crippen molar-refractivity contribution in [2.45, 2.75) is 26.2 Å². The molecule has 3 rings (SSSR count). The maximum atomic E-state index is 12.1. The molecule has 0 aliphatic carbocycles. The first-order valence-corrected chi connectivity index (χ1v) is 7.46. The Labute approximate surface area is 128 Å². The average Bonchev–Trinajstić information content (AvgIpc) is 2.58. The Bertz CT molecular complexity index is 727. The molecule has 3 N–H and O–H groups in total. The number of hydrogen-bond acceptors (Lipinski definition) is 5. The van der Waals surface area contributed by atoms with E-state index in [9.17, 15) is 4.79 Å². The molecule has 114 valence electrons. The first-order chi connectivity index (χ1) is 10.8. The topological polar surface area (TPSA) is 83.0 Å². The van der Waals surface area contributed by atoms with Crippen LogP contribution in [0.1, 0.15) is 31.9 Å². The van der Waals surface area contributed by atoms with Crippen LogP contribution in [0.3, 0.4) is 0 Å². The number of hydrazine groups is 1. The van der Waals surface area contributed by atoms with Crippen LogP contribution in [0, 0.1) is 0 Å². The molecule has 1 aliphatic rings. The van der Waals surface area contributed by atoms with Crippen molar-refractivity contribution in [1.29, 1.82) is 0 Å².